The molecule has 8 nitrogen and oxygen atoms in total. The normalized spacial score (nSPS) is 13.4. The van der Waals surface area contributed by atoms with Crippen molar-refractivity contribution in [3.8, 4) is 0 Å². The van der Waals surface area contributed by atoms with E-state index in [0.29, 0.717) is 12.8 Å². The van der Waals surface area contributed by atoms with Gasteiger partial charge in [-0.15, -0.1) is 0 Å². The molecule has 0 rings (SSSR count). The number of carboxylic acid groups (broad SMARTS) is 1. The quantitative estimate of drug-likeness (QED) is 0.0264. The van der Waals surface area contributed by atoms with Crippen LogP contribution in [0.5, 0.6) is 0 Å². The smallest absolute Gasteiger partial charge is 0.306 e. The molecule has 0 aromatic heterocycles. The van der Waals surface area contributed by atoms with Crippen LogP contribution in [0.1, 0.15) is 187 Å². The van der Waals surface area contributed by atoms with Gasteiger partial charge < -0.3 is 28.6 Å². The number of aliphatic carboxylic acids is 1. The summed E-state index contributed by atoms with van der Waals surface area (Å²) in [6.45, 7) is 4.55. The highest BCUT2D eigenvalue weighted by molar-refractivity contribution is 5.70. The summed E-state index contributed by atoms with van der Waals surface area (Å²) < 4.78 is 17.2. The summed E-state index contributed by atoms with van der Waals surface area (Å²) in [4.78, 5) is 36.9. The Kier molecular flexibility index (Phi) is 37.2. The topological polar surface area (TPSA) is 102 Å². The zero-order chi connectivity index (χ0) is 41.4. The number of likely N-dealkylation sites (N-methyl/N-ethyl adjacent to an activating group) is 1. The average molecular weight is 788 g/mol. The van der Waals surface area contributed by atoms with Crippen molar-refractivity contribution in [1.29, 1.82) is 0 Å². The van der Waals surface area contributed by atoms with E-state index in [1.54, 1.807) is 21.1 Å². The molecule has 0 N–H and O–H groups in total. The second-order valence-electron chi connectivity index (χ2n) is 16.3. The van der Waals surface area contributed by atoms with Crippen LogP contribution in [-0.2, 0) is 28.6 Å². The van der Waals surface area contributed by atoms with Crippen LogP contribution in [0.15, 0.2) is 48.6 Å². The van der Waals surface area contributed by atoms with Crippen molar-refractivity contribution in [2.45, 2.75) is 199 Å². The summed E-state index contributed by atoms with van der Waals surface area (Å²) >= 11 is 0. The number of quaternary nitrogens is 1. The van der Waals surface area contributed by atoms with Gasteiger partial charge in [0.05, 0.1) is 40.3 Å². The molecule has 0 bridgehead atoms. The monoisotopic (exact) mass is 788 g/mol. The van der Waals surface area contributed by atoms with Crippen LogP contribution in [0.25, 0.3) is 0 Å². The molecule has 0 aliphatic rings. The first-order chi connectivity index (χ1) is 27.1. The number of esters is 2. The SMILES string of the molecule is CCC/C=C\C/C=C\CCCCCCCC(=O)OCC(COCCC(C(=O)[O-])[N+](C)(C)C)OC(=O)CCCCCCCCCCC/C=C\C/C=C\CCCCC. The van der Waals surface area contributed by atoms with Crippen molar-refractivity contribution in [2.24, 2.45) is 0 Å². The lowest BCUT2D eigenvalue weighted by molar-refractivity contribution is -0.889. The van der Waals surface area contributed by atoms with Crippen molar-refractivity contribution < 1.29 is 38.2 Å². The second-order valence-corrected chi connectivity index (χ2v) is 16.3. The number of ether oxygens (including phenoxy) is 3. The van der Waals surface area contributed by atoms with Crippen LogP contribution in [0, 0.1) is 0 Å². The Hall–Kier alpha value is -2.71. The van der Waals surface area contributed by atoms with Gasteiger partial charge in [0.15, 0.2) is 6.10 Å². The molecule has 2 unspecified atom stereocenters. The van der Waals surface area contributed by atoms with Gasteiger partial charge in [0.2, 0.25) is 0 Å². The van der Waals surface area contributed by atoms with Gasteiger partial charge in [0.25, 0.3) is 0 Å². The lowest BCUT2D eigenvalue weighted by Crippen LogP contribution is -2.55. The first kappa shape index (κ1) is 53.3. The van der Waals surface area contributed by atoms with Crippen LogP contribution < -0.4 is 5.11 Å². The zero-order valence-electron chi connectivity index (χ0n) is 36.8. The summed E-state index contributed by atoms with van der Waals surface area (Å²) in [6.07, 6.45) is 45.6. The summed E-state index contributed by atoms with van der Waals surface area (Å²) in [5.41, 5.74) is 0. The molecule has 0 fully saturated rings. The van der Waals surface area contributed by atoms with Crippen LogP contribution in [0.4, 0.5) is 0 Å². The standard InChI is InChI=1S/C48H85NO7/c1-6-8-10-12-14-16-18-20-21-22-23-24-25-27-29-31-33-35-37-39-47(51)56-44(42-54-41-40-45(48(52)53)49(3,4)5)43-55-46(50)38-36-34-32-30-28-26-19-17-15-13-11-9-7-2/h11,13-14,16-17,19-21,44-45H,6-10,12,15,18,22-43H2,1-5H3/b13-11-,16-14-,19-17-,21-20-. The number of carbonyl (C=O) groups excluding carboxylic acids is 3. The van der Waals surface area contributed by atoms with E-state index in [2.05, 4.69) is 62.5 Å². The minimum absolute atomic E-state index is 0.0340. The molecular weight excluding hydrogens is 703 g/mol. The molecule has 0 aliphatic carbocycles. The molecule has 0 aliphatic heterocycles. The van der Waals surface area contributed by atoms with E-state index in [1.807, 2.05) is 0 Å². The molecule has 0 heterocycles. The maximum atomic E-state index is 12.7. The molecule has 0 aromatic carbocycles. The molecule has 2 atom stereocenters. The third-order valence-electron chi connectivity index (χ3n) is 9.92. The third-order valence-corrected chi connectivity index (χ3v) is 9.92. The Bertz CT molecular complexity index is 1060. The fourth-order valence-electron chi connectivity index (χ4n) is 6.37. The van der Waals surface area contributed by atoms with Crippen molar-refractivity contribution >= 4 is 17.9 Å². The molecule has 0 saturated heterocycles. The maximum absolute atomic E-state index is 12.7. The van der Waals surface area contributed by atoms with Crippen molar-refractivity contribution in [3.63, 3.8) is 0 Å². The van der Waals surface area contributed by atoms with Gasteiger partial charge in [-0.2, -0.15) is 0 Å². The summed E-state index contributed by atoms with van der Waals surface area (Å²) in [6, 6.07) is -0.729. The summed E-state index contributed by atoms with van der Waals surface area (Å²) in [5, 5.41) is 11.6. The molecule has 56 heavy (non-hydrogen) atoms. The molecule has 324 valence electrons. The Balaban J connectivity index is 4.33. The first-order valence-corrected chi connectivity index (χ1v) is 22.7. The van der Waals surface area contributed by atoms with E-state index in [-0.39, 0.29) is 42.7 Å². The number of hydrogen-bond donors (Lipinski definition) is 0. The Labute approximate surface area is 344 Å². The van der Waals surface area contributed by atoms with Gasteiger partial charge in [-0.3, -0.25) is 9.59 Å². The highest BCUT2D eigenvalue weighted by Crippen LogP contribution is 2.14. The molecule has 0 amide bonds. The predicted molar refractivity (Wildman–Crippen MR) is 231 cm³/mol. The predicted octanol–water partition coefficient (Wildman–Crippen LogP) is 11.1. The van der Waals surface area contributed by atoms with Crippen LogP contribution in [-0.4, -0.2) is 75.5 Å². The Morgan fingerprint density at radius 3 is 1.45 bits per heavy atom. The summed E-state index contributed by atoms with van der Waals surface area (Å²) in [7, 11) is 5.40. The zero-order valence-corrected chi connectivity index (χ0v) is 36.8. The highest BCUT2D eigenvalue weighted by Gasteiger charge is 2.25. The minimum atomic E-state index is -1.13. The number of carbonyl (C=O) groups is 3. The Morgan fingerprint density at radius 1 is 0.536 bits per heavy atom. The van der Waals surface area contributed by atoms with Gasteiger partial charge in [-0.05, 0) is 70.6 Å². The number of rotatable bonds is 40. The number of carboxylic acids is 1. The molecule has 0 radical (unpaired) electrons. The van der Waals surface area contributed by atoms with E-state index >= 15 is 0 Å². The Morgan fingerprint density at radius 2 is 0.982 bits per heavy atom. The fraction of sp³-hybridized carbons (Fsp3) is 0.771. The number of nitrogens with zero attached hydrogens (tertiary/aromatic N) is 1. The van der Waals surface area contributed by atoms with E-state index < -0.39 is 18.1 Å². The maximum Gasteiger partial charge on any atom is 0.306 e. The number of unbranched alkanes of at least 4 members (excludes halogenated alkanes) is 18. The third kappa shape index (κ3) is 36.9. The number of allylic oxidation sites excluding steroid dienone is 8. The van der Waals surface area contributed by atoms with E-state index in [9.17, 15) is 19.5 Å². The highest BCUT2D eigenvalue weighted by atomic mass is 16.6. The van der Waals surface area contributed by atoms with Gasteiger partial charge in [-0.1, -0.05) is 146 Å². The van der Waals surface area contributed by atoms with Gasteiger partial charge >= 0.3 is 11.9 Å². The van der Waals surface area contributed by atoms with Crippen LogP contribution in [0.3, 0.4) is 0 Å². The second kappa shape index (κ2) is 39.1. The molecule has 0 saturated carbocycles. The van der Waals surface area contributed by atoms with Crippen molar-refractivity contribution in [3.05, 3.63) is 48.6 Å². The van der Waals surface area contributed by atoms with Gasteiger partial charge in [0, 0.05) is 19.3 Å². The van der Waals surface area contributed by atoms with Crippen LogP contribution in [0.2, 0.25) is 0 Å². The van der Waals surface area contributed by atoms with E-state index in [0.717, 1.165) is 77.0 Å². The first-order valence-electron chi connectivity index (χ1n) is 22.7. The minimum Gasteiger partial charge on any atom is -0.544 e. The molecule has 0 aromatic rings. The largest absolute Gasteiger partial charge is 0.544 e. The van der Waals surface area contributed by atoms with Crippen molar-refractivity contribution in [2.75, 3.05) is 41.0 Å². The molecular formula is C48H85NO7. The lowest BCUT2D eigenvalue weighted by atomic mass is 10.1. The van der Waals surface area contributed by atoms with E-state index in [4.69, 9.17) is 14.2 Å². The average Bonchev–Trinajstić information content (AvgIpc) is 3.15. The number of hydrogen-bond acceptors (Lipinski definition) is 7. The molecule has 0 spiro atoms. The van der Waals surface area contributed by atoms with E-state index in [1.165, 1.54) is 77.0 Å². The van der Waals surface area contributed by atoms with Gasteiger partial charge in [-0.25, -0.2) is 0 Å². The van der Waals surface area contributed by atoms with Crippen LogP contribution >= 0.6 is 0 Å². The fourth-order valence-corrected chi connectivity index (χ4v) is 6.37. The lowest BCUT2D eigenvalue weighted by Gasteiger charge is -2.34. The van der Waals surface area contributed by atoms with Crippen molar-refractivity contribution in [1.82, 2.24) is 0 Å². The summed E-state index contributed by atoms with van der Waals surface area (Å²) in [5.74, 6) is -1.76. The van der Waals surface area contributed by atoms with Gasteiger partial charge in [0.1, 0.15) is 12.6 Å². The molecule has 8 heteroatoms.